The van der Waals surface area contributed by atoms with Crippen molar-refractivity contribution in [3.05, 3.63) is 36.0 Å². The van der Waals surface area contributed by atoms with Gasteiger partial charge in [0.2, 0.25) is 11.8 Å². The van der Waals surface area contributed by atoms with Crippen molar-refractivity contribution in [3.8, 4) is 0 Å². The van der Waals surface area contributed by atoms with E-state index in [0.29, 0.717) is 29.4 Å². The fourth-order valence-electron chi connectivity index (χ4n) is 6.18. The van der Waals surface area contributed by atoms with Gasteiger partial charge in [0.15, 0.2) is 0 Å². The Morgan fingerprint density at radius 2 is 1.60 bits per heavy atom. The molecule has 6 unspecified atom stereocenters. The highest BCUT2D eigenvalue weighted by Crippen LogP contribution is 2.68. The summed E-state index contributed by atoms with van der Waals surface area (Å²) in [5, 5.41) is 0.976. The van der Waals surface area contributed by atoms with Crippen LogP contribution in [-0.4, -0.2) is 16.8 Å². The van der Waals surface area contributed by atoms with E-state index in [0.717, 1.165) is 29.4 Å². The number of imide groups is 1. The van der Waals surface area contributed by atoms with Gasteiger partial charge in [0, 0.05) is 11.1 Å². The van der Waals surface area contributed by atoms with Crippen LogP contribution in [0.25, 0.3) is 10.9 Å². The molecule has 4 aliphatic carbocycles. The molecule has 0 spiro atoms. The Kier molecular flexibility index (Phi) is 2.51. The minimum atomic E-state index is -0.0740. The van der Waals surface area contributed by atoms with E-state index in [2.05, 4.69) is 4.98 Å². The van der Waals surface area contributed by atoms with E-state index >= 15 is 0 Å². The first-order chi connectivity index (χ1) is 12.1. The molecule has 4 saturated carbocycles. The Labute approximate surface area is 146 Å². The molecule has 6 atom stereocenters. The lowest BCUT2D eigenvalue weighted by molar-refractivity contribution is -0.129. The van der Waals surface area contributed by atoms with Crippen LogP contribution in [0.15, 0.2) is 30.3 Å². The Hall–Kier alpha value is -2.23. The summed E-state index contributed by atoms with van der Waals surface area (Å²) in [4.78, 5) is 32.7. The van der Waals surface area contributed by atoms with Gasteiger partial charge in [-0.2, -0.15) is 0 Å². The van der Waals surface area contributed by atoms with E-state index < -0.39 is 0 Å². The second kappa shape index (κ2) is 4.48. The highest BCUT2D eigenvalue weighted by molar-refractivity contribution is 6.25. The number of fused-ring (bicyclic) bond motifs is 2. The Balaban J connectivity index is 1.51. The lowest BCUT2D eigenvalue weighted by Crippen LogP contribution is -2.43. The van der Waals surface area contributed by atoms with Crippen molar-refractivity contribution in [1.82, 2.24) is 4.98 Å². The van der Waals surface area contributed by atoms with Crippen molar-refractivity contribution in [1.29, 1.82) is 0 Å². The summed E-state index contributed by atoms with van der Waals surface area (Å²) < 4.78 is 0. The fourth-order valence-corrected chi connectivity index (χ4v) is 6.18. The number of anilines is 1. The highest BCUT2D eigenvalue weighted by Gasteiger charge is 2.68. The molecule has 2 bridgehead atoms. The number of benzene rings is 1. The van der Waals surface area contributed by atoms with Crippen LogP contribution in [0.2, 0.25) is 0 Å². The minimum absolute atomic E-state index is 0.0332. The third-order valence-electron chi connectivity index (χ3n) is 7.22. The normalized spacial score (nSPS) is 38.2. The Morgan fingerprint density at radius 1 is 0.920 bits per heavy atom. The zero-order valence-corrected chi connectivity index (χ0v) is 14.2. The number of hydrogen-bond donors (Lipinski definition) is 0. The largest absolute Gasteiger partial charge is 0.274 e. The second-order valence-corrected chi connectivity index (χ2v) is 8.33. The van der Waals surface area contributed by atoms with Crippen molar-refractivity contribution in [3.63, 3.8) is 0 Å². The molecule has 126 valence electrons. The quantitative estimate of drug-likeness (QED) is 0.753. The minimum Gasteiger partial charge on any atom is -0.274 e. The molecule has 4 heteroatoms. The number of amides is 2. The summed E-state index contributed by atoms with van der Waals surface area (Å²) in [6.07, 6.45) is 3.51. The summed E-state index contributed by atoms with van der Waals surface area (Å²) in [5.41, 5.74) is 2.34. The van der Waals surface area contributed by atoms with Gasteiger partial charge in [-0.15, -0.1) is 0 Å². The Bertz CT molecular complexity index is 918. The van der Waals surface area contributed by atoms with Crippen molar-refractivity contribution >= 4 is 28.4 Å². The molecule has 4 nitrogen and oxygen atoms in total. The van der Waals surface area contributed by atoms with E-state index in [1.165, 1.54) is 11.3 Å². The lowest BCUT2D eigenvalue weighted by Gasteiger charge is -2.42. The first-order valence-corrected chi connectivity index (χ1v) is 9.39. The fraction of sp³-hybridized carbons (Fsp3) is 0.476. The average molecular weight is 332 g/mol. The molecule has 2 aromatic rings. The molecule has 2 heterocycles. The molecule has 1 aliphatic heterocycles. The maximum absolute atomic E-state index is 13.3. The summed E-state index contributed by atoms with van der Waals surface area (Å²) in [7, 11) is 0. The van der Waals surface area contributed by atoms with Crippen LogP contribution in [0, 0.1) is 42.4 Å². The molecule has 1 aromatic heterocycles. The summed E-state index contributed by atoms with van der Waals surface area (Å²) in [5.74, 6) is 2.22. The molecule has 0 radical (unpaired) electrons. The molecule has 5 aliphatic rings. The molecule has 5 fully saturated rings. The molecular weight excluding hydrogens is 312 g/mol. The zero-order chi connectivity index (χ0) is 16.9. The SMILES string of the molecule is Cc1ccc2cccc(N3C(=O)C4C5CCC(C6CC65)C4C3=O)c2n1. The van der Waals surface area contributed by atoms with Crippen LogP contribution in [0.3, 0.4) is 0 Å². The molecule has 2 amide bonds. The molecule has 25 heavy (non-hydrogen) atoms. The number of pyridine rings is 1. The molecule has 1 saturated heterocycles. The van der Waals surface area contributed by atoms with E-state index in [9.17, 15) is 9.59 Å². The maximum Gasteiger partial charge on any atom is 0.238 e. The molecular formula is C21H20N2O2. The summed E-state index contributed by atoms with van der Waals surface area (Å²) in [6, 6.07) is 9.77. The van der Waals surface area contributed by atoms with Crippen LogP contribution in [0.4, 0.5) is 5.69 Å². The predicted octanol–water partition coefficient (Wildman–Crippen LogP) is 3.32. The van der Waals surface area contributed by atoms with Crippen molar-refractivity contribution in [2.24, 2.45) is 35.5 Å². The van der Waals surface area contributed by atoms with Crippen molar-refractivity contribution < 1.29 is 9.59 Å². The number of rotatable bonds is 1. The van der Waals surface area contributed by atoms with Crippen LogP contribution in [0.5, 0.6) is 0 Å². The van der Waals surface area contributed by atoms with Gasteiger partial charge in [-0.25, -0.2) is 4.90 Å². The lowest BCUT2D eigenvalue weighted by atomic mass is 9.59. The smallest absolute Gasteiger partial charge is 0.238 e. The van der Waals surface area contributed by atoms with Gasteiger partial charge in [0.25, 0.3) is 0 Å². The monoisotopic (exact) mass is 332 g/mol. The number of carbonyl (C=O) groups excluding carboxylic acids is 2. The first-order valence-electron chi connectivity index (χ1n) is 9.39. The number of aryl methyl sites for hydroxylation is 1. The predicted molar refractivity (Wildman–Crippen MR) is 93.8 cm³/mol. The van der Waals surface area contributed by atoms with Crippen molar-refractivity contribution in [2.75, 3.05) is 4.90 Å². The standard InChI is InChI=1S/C21H20N2O2/c1-10-5-6-11-3-2-4-16(19(11)22-10)23-20(24)17-12-7-8-13(15-9-14(12)15)18(17)21(23)25/h2-6,12-15,17-18H,7-9H2,1H3. The number of hydrogen-bond acceptors (Lipinski definition) is 3. The second-order valence-electron chi connectivity index (χ2n) is 8.33. The summed E-state index contributed by atoms with van der Waals surface area (Å²) in [6.45, 7) is 1.94. The van der Waals surface area contributed by atoms with Gasteiger partial charge in [-0.05, 0) is 62.0 Å². The van der Waals surface area contributed by atoms with E-state index in [-0.39, 0.29) is 23.7 Å². The molecule has 0 N–H and O–H groups in total. The number of aromatic nitrogens is 1. The van der Waals surface area contributed by atoms with Gasteiger partial charge in [-0.3, -0.25) is 14.6 Å². The number of para-hydroxylation sites is 1. The van der Waals surface area contributed by atoms with Gasteiger partial charge in [0.1, 0.15) is 0 Å². The third-order valence-corrected chi connectivity index (χ3v) is 7.22. The topological polar surface area (TPSA) is 50.3 Å². The average Bonchev–Trinajstić information content (AvgIpc) is 3.39. The van der Waals surface area contributed by atoms with Gasteiger partial charge in [-0.1, -0.05) is 18.2 Å². The molecule has 1 aromatic carbocycles. The van der Waals surface area contributed by atoms with E-state index in [4.69, 9.17) is 0 Å². The number of carbonyl (C=O) groups is 2. The Morgan fingerprint density at radius 3 is 2.28 bits per heavy atom. The van der Waals surface area contributed by atoms with Gasteiger partial charge in [0.05, 0.1) is 23.0 Å². The van der Waals surface area contributed by atoms with Gasteiger partial charge >= 0.3 is 0 Å². The van der Waals surface area contributed by atoms with Crippen LogP contribution in [0.1, 0.15) is 25.0 Å². The van der Waals surface area contributed by atoms with Crippen LogP contribution < -0.4 is 4.90 Å². The number of nitrogens with zero attached hydrogens (tertiary/aromatic N) is 2. The highest BCUT2D eigenvalue weighted by atomic mass is 16.2. The maximum atomic E-state index is 13.3. The van der Waals surface area contributed by atoms with Gasteiger partial charge < -0.3 is 0 Å². The van der Waals surface area contributed by atoms with E-state index in [1.807, 2.05) is 37.3 Å². The zero-order valence-electron chi connectivity index (χ0n) is 14.2. The first kappa shape index (κ1) is 14.0. The van der Waals surface area contributed by atoms with Crippen LogP contribution >= 0.6 is 0 Å². The third kappa shape index (κ3) is 1.65. The molecule has 7 rings (SSSR count). The van der Waals surface area contributed by atoms with Crippen molar-refractivity contribution in [2.45, 2.75) is 26.2 Å². The van der Waals surface area contributed by atoms with Crippen LogP contribution in [-0.2, 0) is 9.59 Å². The van der Waals surface area contributed by atoms with E-state index in [1.54, 1.807) is 0 Å². The summed E-state index contributed by atoms with van der Waals surface area (Å²) >= 11 is 0.